The molecule has 6 heteroatoms. The van der Waals surface area contributed by atoms with Crippen LogP contribution >= 0.6 is 11.6 Å². The minimum absolute atomic E-state index is 0.126. The summed E-state index contributed by atoms with van der Waals surface area (Å²) in [5, 5.41) is 9.53. The van der Waals surface area contributed by atoms with Crippen LogP contribution in [0.4, 0.5) is 4.39 Å². The van der Waals surface area contributed by atoms with E-state index in [9.17, 15) is 19.1 Å². The number of nitrogens with zero attached hydrogens (tertiary/aromatic N) is 1. The number of amides is 1. The number of carboxylic acid groups (broad SMARTS) is 1. The molecule has 0 saturated carbocycles. The lowest BCUT2D eigenvalue weighted by Gasteiger charge is -2.31. The summed E-state index contributed by atoms with van der Waals surface area (Å²) >= 11 is 6.03. The molecule has 1 aromatic carbocycles. The number of benzene rings is 1. The van der Waals surface area contributed by atoms with Crippen LogP contribution in [0.15, 0.2) is 18.2 Å². The normalized spacial score (nSPS) is 23.6. The van der Waals surface area contributed by atoms with Gasteiger partial charge in [-0.2, -0.15) is 0 Å². The molecule has 2 atom stereocenters. The number of hydrogen-bond donors (Lipinski definition) is 1. The third-order valence-electron chi connectivity index (χ3n) is 3.70. The quantitative estimate of drug-likeness (QED) is 0.913. The van der Waals surface area contributed by atoms with E-state index in [1.807, 2.05) is 0 Å². The maximum Gasteiger partial charge on any atom is 0.308 e. The number of carbonyl (C=O) groups excluding carboxylic acids is 1. The van der Waals surface area contributed by atoms with Crippen LogP contribution in [-0.4, -0.2) is 28.9 Å². The van der Waals surface area contributed by atoms with Crippen LogP contribution in [0.3, 0.4) is 0 Å². The first-order chi connectivity index (χ1) is 9.41. The number of halogens is 2. The van der Waals surface area contributed by atoms with E-state index in [1.165, 1.54) is 17.0 Å². The van der Waals surface area contributed by atoms with Gasteiger partial charge in [-0.05, 0) is 30.5 Å². The van der Waals surface area contributed by atoms with E-state index in [0.29, 0.717) is 24.8 Å². The Morgan fingerprint density at radius 3 is 2.80 bits per heavy atom. The highest BCUT2D eigenvalue weighted by Gasteiger charge is 2.37. The highest BCUT2D eigenvalue weighted by atomic mass is 35.5. The highest BCUT2D eigenvalue weighted by Crippen LogP contribution is 2.38. The average Bonchev–Trinajstić information content (AvgIpc) is 2.51. The van der Waals surface area contributed by atoms with Crippen molar-refractivity contribution in [1.29, 1.82) is 0 Å². The minimum Gasteiger partial charge on any atom is -0.481 e. The molecule has 1 N–H and O–H groups in total. The van der Waals surface area contributed by atoms with Crippen molar-refractivity contribution in [2.45, 2.75) is 25.3 Å². The number of hydrogen-bond acceptors (Lipinski definition) is 2. The van der Waals surface area contributed by atoms with Gasteiger partial charge in [-0.1, -0.05) is 17.7 Å². The smallest absolute Gasteiger partial charge is 0.308 e. The number of carbonyl (C=O) groups is 2. The fraction of sp³-hybridized carbons (Fsp3) is 0.429. The van der Waals surface area contributed by atoms with Gasteiger partial charge in [0.05, 0.1) is 12.0 Å². The fourth-order valence-electron chi connectivity index (χ4n) is 2.66. The Hall–Kier alpha value is -1.62. The Morgan fingerprint density at radius 2 is 2.20 bits per heavy atom. The van der Waals surface area contributed by atoms with E-state index in [-0.39, 0.29) is 10.9 Å². The van der Waals surface area contributed by atoms with Crippen LogP contribution in [0.2, 0.25) is 5.02 Å². The number of aliphatic carboxylic acids is 1. The monoisotopic (exact) mass is 299 g/mol. The molecule has 2 rings (SSSR count). The van der Waals surface area contributed by atoms with Crippen molar-refractivity contribution in [1.82, 2.24) is 4.90 Å². The van der Waals surface area contributed by atoms with Gasteiger partial charge in [0.25, 0.3) is 0 Å². The molecule has 1 aromatic rings. The summed E-state index contributed by atoms with van der Waals surface area (Å²) in [5.74, 6) is -2.33. The molecule has 20 heavy (non-hydrogen) atoms. The molecular formula is C14H15ClFNO3. The van der Waals surface area contributed by atoms with Crippen molar-refractivity contribution in [3.05, 3.63) is 34.6 Å². The van der Waals surface area contributed by atoms with Crippen LogP contribution < -0.4 is 0 Å². The maximum absolute atomic E-state index is 13.1. The number of likely N-dealkylation sites (tertiary alicyclic amines) is 1. The lowest BCUT2D eigenvalue weighted by atomic mass is 9.89. The molecule has 108 valence electrons. The maximum atomic E-state index is 13.1. The Bertz CT molecular complexity index is 549. The molecule has 1 aliphatic heterocycles. The van der Waals surface area contributed by atoms with E-state index in [2.05, 4.69) is 0 Å². The van der Waals surface area contributed by atoms with Gasteiger partial charge in [0.1, 0.15) is 5.82 Å². The molecular weight excluding hydrogens is 285 g/mol. The Kier molecular flexibility index (Phi) is 4.28. The van der Waals surface area contributed by atoms with Crippen LogP contribution in [0.25, 0.3) is 0 Å². The lowest BCUT2D eigenvalue weighted by Crippen LogP contribution is -2.36. The largest absolute Gasteiger partial charge is 0.481 e. The molecule has 0 spiro atoms. The van der Waals surface area contributed by atoms with Crippen molar-refractivity contribution in [2.75, 3.05) is 7.05 Å². The average molecular weight is 300 g/mol. The van der Waals surface area contributed by atoms with Crippen molar-refractivity contribution in [3.63, 3.8) is 0 Å². The lowest BCUT2D eigenvalue weighted by molar-refractivity contribution is -0.145. The summed E-state index contributed by atoms with van der Waals surface area (Å²) in [6.07, 6.45) is 1.23. The predicted molar refractivity (Wildman–Crippen MR) is 71.9 cm³/mol. The molecule has 1 fully saturated rings. The van der Waals surface area contributed by atoms with Gasteiger partial charge in [0.2, 0.25) is 5.91 Å². The summed E-state index contributed by atoms with van der Waals surface area (Å²) in [7, 11) is 1.56. The first-order valence-corrected chi connectivity index (χ1v) is 6.73. The van der Waals surface area contributed by atoms with Gasteiger partial charge < -0.3 is 10.0 Å². The zero-order chi connectivity index (χ0) is 14.9. The molecule has 0 radical (unpaired) electrons. The third-order valence-corrected chi connectivity index (χ3v) is 4.02. The van der Waals surface area contributed by atoms with Gasteiger partial charge in [-0.3, -0.25) is 9.59 Å². The van der Waals surface area contributed by atoms with Crippen LogP contribution in [0.5, 0.6) is 0 Å². The SMILES string of the molecule is CN1C(=O)CCCC(C(=O)O)C1c1ccc(F)cc1Cl. The first-order valence-electron chi connectivity index (χ1n) is 6.35. The second-order valence-electron chi connectivity index (χ2n) is 4.95. The van der Waals surface area contributed by atoms with Crippen molar-refractivity contribution in [3.8, 4) is 0 Å². The van der Waals surface area contributed by atoms with Crippen LogP contribution in [0.1, 0.15) is 30.9 Å². The van der Waals surface area contributed by atoms with E-state index >= 15 is 0 Å². The topological polar surface area (TPSA) is 57.6 Å². The number of carboxylic acids is 1. The van der Waals surface area contributed by atoms with E-state index in [1.54, 1.807) is 7.05 Å². The molecule has 1 saturated heterocycles. The zero-order valence-corrected chi connectivity index (χ0v) is 11.7. The third kappa shape index (κ3) is 2.77. The summed E-state index contributed by atoms with van der Waals surface area (Å²) in [6.45, 7) is 0. The highest BCUT2D eigenvalue weighted by molar-refractivity contribution is 6.31. The molecule has 1 amide bonds. The zero-order valence-electron chi connectivity index (χ0n) is 11.0. The summed E-state index contributed by atoms with van der Waals surface area (Å²) in [4.78, 5) is 24.8. The van der Waals surface area contributed by atoms with Crippen molar-refractivity contribution >= 4 is 23.5 Å². The molecule has 0 bridgehead atoms. The van der Waals surface area contributed by atoms with Gasteiger partial charge >= 0.3 is 5.97 Å². The molecule has 0 aliphatic carbocycles. The Balaban J connectivity index is 2.50. The van der Waals surface area contributed by atoms with Crippen molar-refractivity contribution < 1.29 is 19.1 Å². The summed E-state index contributed by atoms with van der Waals surface area (Å²) in [6, 6.07) is 3.14. The summed E-state index contributed by atoms with van der Waals surface area (Å²) in [5.41, 5.74) is 0.471. The first kappa shape index (κ1) is 14.8. The standard InChI is InChI=1S/C14H15ClFNO3/c1-17-12(18)4-2-3-10(14(19)20)13(17)9-6-5-8(16)7-11(9)15/h5-7,10,13H,2-4H2,1H3,(H,19,20). The van der Waals surface area contributed by atoms with Gasteiger partial charge in [0.15, 0.2) is 0 Å². The molecule has 1 aliphatic rings. The molecule has 2 unspecified atom stereocenters. The number of rotatable bonds is 2. The second kappa shape index (κ2) is 5.79. The van der Waals surface area contributed by atoms with Gasteiger partial charge in [-0.25, -0.2) is 4.39 Å². The van der Waals surface area contributed by atoms with Crippen LogP contribution in [-0.2, 0) is 9.59 Å². The minimum atomic E-state index is -0.975. The fourth-order valence-corrected chi connectivity index (χ4v) is 2.94. The van der Waals surface area contributed by atoms with Crippen molar-refractivity contribution in [2.24, 2.45) is 5.92 Å². The van der Waals surface area contributed by atoms with E-state index in [0.717, 1.165) is 6.07 Å². The molecule has 0 aromatic heterocycles. The van der Waals surface area contributed by atoms with Crippen LogP contribution in [0, 0.1) is 11.7 Å². The van der Waals surface area contributed by atoms with E-state index < -0.39 is 23.7 Å². The Labute approximate surface area is 121 Å². The summed E-state index contributed by atoms with van der Waals surface area (Å²) < 4.78 is 13.1. The predicted octanol–water partition coefficient (Wildman–Crippen LogP) is 2.86. The second-order valence-corrected chi connectivity index (χ2v) is 5.36. The molecule has 1 heterocycles. The molecule has 4 nitrogen and oxygen atoms in total. The van der Waals surface area contributed by atoms with Gasteiger partial charge in [0, 0.05) is 18.5 Å². The van der Waals surface area contributed by atoms with E-state index in [4.69, 9.17) is 11.6 Å². The van der Waals surface area contributed by atoms with Gasteiger partial charge in [-0.15, -0.1) is 0 Å². The Morgan fingerprint density at radius 1 is 1.50 bits per heavy atom.